The molecule has 0 aromatic carbocycles. The van der Waals surface area contributed by atoms with Crippen LogP contribution in [0.15, 0.2) is 16.3 Å². The van der Waals surface area contributed by atoms with Crippen molar-refractivity contribution in [1.29, 1.82) is 0 Å². The lowest BCUT2D eigenvalue weighted by molar-refractivity contribution is 0.872. The van der Waals surface area contributed by atoms with Crippen molar-refractivity contribution in [2.75, 3.05) is 0 Å². The molecule has 44 valence electrons. The van der Waals surface area contributed by atoms with E-state index in [0.29, 0.717) is 11.0 Å². The highest BCUT2D eigenvalue weighted by Crippen LogP contribution is 2.05. The normalized spacial score (nSPS) is 18.5. The minimum Gasteiger partial charge on any atom is -0.384 e. The molecular weight excluding hydrogens is 124 g/mol. The molecule has 0 unspecified atom stereocenters. The lowest BCUT2D eigenvalue weighted by Crippen LogP contribution is -2.22. The van der Waals surface area contributed by atoms with Crippen molar-refractivity contribution >= 4 is 16.9 Å². The first kappa shape index (κ1) is 5.30. The fourth-order valence-electron chi connectivity index (χ4n) is 0.296. The Hall–Kier alpha value is -0.840. The lowest BCUT2D eigenvalue weighted by Gasteiger charge is -2.05. The molecule has 0 bridgehead atoms. The van der Waals surface area contributed by atoms with Gasteiger partial charge in [0.25, 0.3) is 0 Å². The topological polar surface area (TPSA) is 76.4 Å². The first-order chi connectivity index (χ1) is 3.79. The summed E-state index contributed by atoms with van der Waals surface area (Å²) in [4.78, 5) is 0. The third-order valence-corrected chi connectivity index (χ3v) is 1.31. The summed E-state index contributed by atoms with van der Waals surface area (Å²) in [5.41, 5.74) is 13.0. The molecule has 0 fully saturated rings. The average molecular weight is 130 g/mol. The number of thioether (sulfide) groups is 1. The molecule has 5 heteroatoms. The average Bonchev–Trinajstić information content (AvgIpc) is 1.77. The van der Waals surface area contributed by atoms with Crippen LogP contribution < -0.4 is 16.9 Å². The molecule has 0 saturated heterocycles. The van der Waals surface area contributed by atoms with Gasteiger partial charge in [-0.1, -0.05) is 11.8 Å². The van der Waals surface area contributed by atoms with Crippen LogP contribution in [-0.2, 0) is 0 Å². The Morgan fingerprint density at radius 3 is 2.75 bits per heavy atom. The van der Waals surface area contributed by atoms with Gasteiger partial charge in [-0.2, -0.15) is 0 Å². The smallest absolute Gasteiger partial charge is 0.182 e. The van der Waals surface area contributed by atoms with Gasteiger partial charge in [0.1, 0.15) is 5.82 Å². The Bertz CT molecular complexity index is 131. The maximum absolute atomic E-state index is 5.26. The molecule has 1 heterocycles. The molecule has 1 aliphatic heterocycles. The van der Waals surface area contributed by atoms with Crippen molar-refractivity contribution < 1.29 is 0 Å². The number of nitrogens with two attached hydrogens (primary N) is 2. The Morgan fingerprint density at radius 1 is 1.62 bits per heavy atom. The van der Waals surface area contributed by atoms with E-state index in [1.807, 2.05) is 0 Å². The second-order valence-electron chi connectivity index (χ2n) is 1.25. The van der Waals surface area contributed by atoms with Crippen LogP contribution in [0, 0.1) is 0 Å². The maximum Gasteiger partial charge on any atom is 0.182 e. The third kappa shape index (κ3) is 1.06. The third-order valence-electron chi connectivity index (χ3n) is 0.602. The van der Waals surface area contributed by atoms with Crippen LogP contribution in [-0.4, -0.2) is 5.17 Å². The molecule has 0 spiro atoms. The summed E-state index contributed by atoms with van der Waals surface area (Å²) in [6, 6.07) is 0. The van der Waals surface area contributed by atoms with Crippen LogP contribution in [0.25, 0.3) is 0 Å². The van der Waals surface area contributed by atoms with E-state index in [0.717, 1.165) is 0 Å². The number of hydrogen-bond donors (Lipinski definition) is 3. The molecule has 0 amide bonds. The molecule has 8 heavy (non-hydrogen) atoms. The monoisotopic (exact) mass is 130 g/mol. The van der Waals surface area contributed by atoms with Crippen molar-refractivity contribution in [3.05, 3.63) is 11.2 Å². The number of nitrogens with zero attached hydrogens (tertiary/aromatic N) is 1. The SMILES string of the molecule is NC1=CSC(N)=NN1. The molecule has 4 nitrogen and oxygen atoms in total. The van der Waals surface area contributed by atoms with E-state index in [2.05, 4.69) is 10.5 Å². The molecule has 0 saturated carbocycles. The fourth-order valence-corrected chi connectivity index (χ4v) is 0.695. The summed E-state index contributed by atoms with van der Waals surface area (Å²) < 4.78 is 0. The molecule has 5 N–H and O–H groups in total. The second kappa shape index (κ2) is 1.95. The largest absolute Gasteiger partial charge is 0.384 e. The molecule has 1 aliphatic rings. The zero-order chi connectivity index (χ0) is 5.98. The van der Waals surface area contributed by atoms with Gasteiger partial charge in [-0.05, 0) is 0 Å². The van der Waals surface area contributed by atoms with Crippen LogP contribution in [0.1, 0.15) is 0 Å². The minimum absolute atomic E-state index is 0.485. The van der Waals surface area contributed by atoms with Gasteiger partial charge in [0.2, 0.25) is 0 Å². The van der Waals surface area contributed by atoms with Crippen molar-refractivity contribution in [2.45, 2.75) is 0 Å². The molecule has 1 rings (SSSR count). The van der Waals surface area contributed by atoms with E-state index in [1.165, 1.54) is 11.8 Å². The van der Waals surface area contributed by atoms with Crippen molar-refractivity contribution in [3.8, 4) is 0 Å². The van der Waals surface area contributed by atoms with Gasteiger partial charge >= 0.3 is 0 Å². The number of nitrogens with one attached hydrogen (secondary N) is 1. The first-order valence-corrected chi connectivity index (χ1v) is 2.88. The van der Waals surface area contributed by atoms with Crippen molar-refractivity contribution in [1.82, 2.24) is 5.43 Å². The minimum atomic E-state index is 0.485. The van der Waals surface area contributed by atoms with Crippen LogP contribution in [0.3, 0.4) is 0 Å². The van der Waals surface area contributed by atoms with Crippen molar-refractivity contribution in [2.24, 2.45) is 16.6 Å². The van der Waals surface area contributed by atoms with Gasteiger partial charge < -0.3 is 11.5 Å². The molecule has 0 aliphatic carbocycles. The Morgan fingerprint density at radius 2 is 2.38 bits per heavy atom. The predicted octanol–water partition coefficient (Wildman–Crippen LogP) is -0.690. The van der Waals surface area contributed by atoms with Crippen molar-refractivity contribution in [3.63, 3.8) is 0 Å². The van der Waals surface area contributed by atoms with Crippen LogP contribution in [0.2, 0.25) is 0 Å². The molecule has 0 radical (unpaired) electrons. The number of amidine groups is 1. The number of hydrogen-bond acceptors (Lipinski definition) is 5. The zero-order valence-electron chi connectivity index (χ0n) is 4.09. The molecule has 0 atom stereocenters. The van der Waals surface area contributed by atoms with Crippen LogP contribution in [0.5, 0.6) is 0 Å². The second-order valence-corrected chi connectivity index (χ2v) is 2.14. The van der Waals surface area contributed by atoms with E-state index < -0.39 is 0 Å². The standard InChI is InChI=1S/C3H6N4S/c4-2-1-8-3(5)7-6-2/h1,6H,4H2,(H2,5,7). The highest BCUT2D eigenvalue weighted by Gasteiger charge is 1.97. The van der Waals surface area contributed by atoms with Crippen LogP contribution >= 0.6 is 11.8 Å². The summed E-state index contributed by atoms with van der Waals surface area (Å²) in [5, 5.41) is 5.81. The molecule has 0 aromatic heterocycles. The highest BCUT2D eigenvalue weighted by molar-refractivity contribution is 8.16. The van der Waals surface area contributed by atoms with E-state index in [1.54, 1.807) is 5.41 Å². The first-order valence-electron chi connectivity index (χ1n) is 2.00. The fraction of sp³-hybridized carbons (Fsp3) is 0. The quantitative estimate of drug-likeness (QED) is 0.405. The Labute approximate surface area is 51.0 Å². The van der Waals surface area contributed by atoms with E-state index in [9.17, 15) is 0 Å². The van der Waals surface area contributed by atoms with Gasteiger partial charge in [0.15, 0.2) is 5.17 Å². The van der Waals surface area contributed by atoms with Gasteiger partial charge in [-0.3, -0.25) is 5.43 Å². The summed E-state index contributed by atoms with van der Waals surface area (Å²) in [6.07, 6.45) is 0. The van der Waals surface area contributed by atoms with Gasteiger partial charge in [-0.15, -0.1) is 5.10 Å². The van der Waals surface area contributed by atoms with E-state index in [4.69, 9.17) is 11.5 Å². The Kier molecular flexibility index (Phi) is 1.29. The summed E-state index contributed by atoms with van der Waals surface area (Å²) in [6.45, 7) is 0. The van der Waals surface area contributed by atoms with Crippen LogP contribution in [0.4, 0.5) is 0 Å². The number of hydrazone groups is 1. The number of rotatable bonds is 0. The molecule has 0 aromatic rings. The van der Waals surface area contributed by atoms with Gasteiger partial charge in [-0.25, -0.2) is 0 Å². The Balaban J connectivity index is 2.54. The summed E-state index contributed by atoms with van der Waals surface area (Å²) >= 11 is 1.30. The van der Waals surface area contributed by atoms with Gasteiger partial charge in [0.05, 0.1) is 0 Å². The summed E-state index contributed by atoms with van der Waals surface area (Å²) in [7, 11) is 0. The summed E-state index contributed by atoms with van der Waals surface area (Å²) in [5.74, 6) is 0.532. The lowest BCUT2D eigenvalue weighted by atomic mass is 10.9. The maximum atomic E-state index is 5.26. The zero-order valence-corrected chi connectivity index (χ0v) is 4.90. The highest BCUT2D eigenvalue weighted by atomic mass is 32.2. The van der Waals surface area contributed by atoms with E-state index >= 15 is 0 Å². The molecular formula is C3H6N4S. The van der Waals surface area contributed by atoms with E-state index in [-0.39, 0.29) is 0 Å². The predicted molar refractivity (Wildman–Crippen MR) is 34.6 cm³/mol. The van der Waals surface area contributed by atoms with Gasteiger partial charge in [0, 0.05) is 5.41 Å².